The molecule has 1 unspecified atom stereocenters. The van der Waals surface area contributed by atoms with Gasteiger partial charge < -0.3 is 15.9 Å². The molecule has 0 saturated carbocycles. The van der Waals surface area contributed by atoms with Crippen LogP contribution in [0.4, 0.5) is 5.69 Å². The number of benzene rings is 1. The fraction of sp³-hybridized carbons (Fsp3) is 0.300. The standard InChI is InChI=1S/C8H10N2O3.C2H3ClO2/c9-5-8(11)6-1-3-7(4-2-6)10(12)13;3-1-2(4)5/h1-4,8,11H,5,9H2;1H2,(H,4,5). The third kappa shape index (κ3) is 6.14. The molecule has 0 amide bonds. The molecular weight excluding hydrogens is 264 g/mol. The highest BCUT2D eigenvalue weighted by Crippen LogP contribution is 2.16. The predicted molar refractivity (Wildman–Crippen MR) is 65.5 cm³/mol. The van der Waals surface area contributed by atoms with Gasteiger partial charge in [0, 0.05) is 18.7 Å². The molecule has 1 aromatic carbocycles. The molecule has 7 nitrogen and oxygen atoms in total. The molecule has 0 radical (unpaired) electrons. The van der Waals surface area contributed by atoms with Crippen molar-refractivity contribution in [3.63, 3.8) is 0 Å². The molecule has 0 aliphatic heterocycles. The summed E-state index contributed by atoms with van der Waals surface area (Å²) in [7, 11) is 0. The number of nitrogens with zero attached hydrogens (tertiary/aromatic N) is 1. The summed E-state index contributed by atoms with van der Waals surface area (Å²) >= 11 is 4.74. The molecule has 0 fully saturated rings. The smallest absolute Gasteiger partial charge is 0.318 e. The Morgan fingerprint density at radius 3 is 2.17 bits per heavy atom. The Bertz CT molecular complexity index is 396. The number of non-ortho nitro benzene ring substituents is 1. The maximum absolute atomic E-state index is 10.3. The summed E-state index contributed by atoms with van der Waals surface area (Å²) in [6, 6.07) is 5.67. The van der Waals surface area contributed by atoms with Gasteiger partial charge in [0.1, 0.15) is 5.88 Å². The van der Waals surface area contributed by atoms with E-state index in [1.165, 1.54) is 24.3 Å². The van der Waals surface area contributed by atoms with E-state index >= 15 is 0 Å². The van der Waals surface area contributed by atoms with Crippen LogP contribution in [-0.2, 0) is 4.79 Å². The molecule has 18 heavy (non-hydrogen) atoms. The van der Waals surface area contributed by atoms with Crippen molar-refractivity contribution in [2.75, 3.05) is 12.4 Å². The van der Waals surface area contributed by atoms with Crippen molar-refractivity contribution in [1.29, 1.82) is 0 Å². The van der Waals surface area contributed by atoms with Crippen LogP contribution >= 0.6 is 11.6 Å². The minimum Gasteiger partial charge on any atom is -0.480 e. The quantitative estimate of drug-likeness (QED) is 0.426. The van der Waals surface area contributed by atoms with Crippen LogP contribution in [0.3, 0.4) is 0 Å². The van der Waals surface area contributed by atoms with Crippen LogP contribution in [0, 0.1) is 10.1 Å². The van der Waals surface area contributed by atoms with Crippen molar-refractivity contribution in [1.82, 2.24) is 0 Å². The second kappa shape index (κ2) is 8.40. The van der Waals surface area contributed by atoms with Crippen LogP contribution in [0.25, 0.3) is 0 Å². The van der Waals surface area contributed by atoms with E-state index < -0.39 is 17.0 Å². The van der Waals surface area contributed by atoms with Gasteiger partial charge in [-0.25, -0.2) is 0 Å². The van der Waals surface area contributed by atoms with E-state index in [9.17, 15) is 20.0 Å². The Morgan fingerprint density at radius 2 is 1.89 bits per heavy atom. The summed E-state index contributed by atoms with van der Waals surface area (Å²) in [5, 5.41) is 27.1. The van der Waals surface area contributed by atoms with E-state index in [0.717, 1.165) is 0 Å². The molecule has 4 N–H and O–H groups in total. The predicted octanol–water partition coefficient (Wildman–Crippen LogP) is 0.897. The summed E-state index contributed by atoms with van der Waals surface area (Å²) in [6.45, 7) is 0.109. The van der Waals surface area contributed by atoms with Gasteiger partial charge in [-0.3, -0.25) is 14.9 Å². The topological polar surface area (TPSA) is 127 Å². The number of aliphatic hydroxyl groups excluding tert-OH is 1. The van der Waals surface area contributed by atoms with Gasteiger partial charge in [0.05, 0.1) is 11.0 Å². The minimum absolute atomic E-state index is 0.00738. The fourth-order valence-electron chi connectivity index (χ4n) is 0.954. The lowest BCUT2D eigenvalue weighted by molar-refractivity contribution is -0.384. The number of hydrogen-bond acceptors (Lipinski definition) is 5. The van der Waals surface area contributed by atoms with Gasteiger partial charge in [0.25, 0.3) is 5.69 Å². The van der Waals surface area contributed by atoms with E-state index in [1.54, 1.807) is 0 Å². The first kappa shape index (κ1) is 16.3. The number of nitrogens with two attached hydrogens (primary N) is 1. The molecule has 0 saturated heterocycles. The first-order chi connectivity index (χ1) is 8.42. The zero-order chi connectivity index (χ0) is 14.1. The van der Waals surface area contributed by atoms with E-state index in [-0.39, 0.29) is 18.1 Å². The summed E-state index contributed by atoms with van der Waals surface area (Å²) in [5.41, 5.74) is 5.82. The van der Waals surface area contributed by atoms with E-state index in [4.69, 9.17) is 22.4 Å². The first-order valence-electron chi connectivity index (χ1n) is 4.82. The Morgan fingerprint density at radius 1 is 1.44 bits per heavy atom. The zero-order valence-corrected chi connectivity index (χ0v) is 10.1. The van der Waals surface area contributed by atoms with Crippen LogP contribution < -0.4 is 5.73 Å². The number of nitro groups is 1. The van der Waals surface area contributed by atoms with Gasteiger partial charge in [-0.15, -0.1) is 11.6 Å². The number of carboxylic acids is 1. The molecular formula is C10H13ClN2O5. The molecule has 0 spiro atoms. The number of carboxylic acid groups (broad SMARTS) is 1. The normalized spacial score (nSPS) is 11.1. The van der Waals surface area contributed by atoms with Gasteiger partial charge in [-0.1, -0.05) is 0 Å². The molecule has 8 heteroatoms. The van der Waals surface area contributed by atoms with Crippen LogP contribution in [0.5, 0.6) is 0 Å². The molecule has 0 aromatic heterocycles. The number of aliphatic hydroxyl groups is 1. The summed E-state index contributed by atoms with van der Waals surface area (Å²) < 4.78 is 0. The first-order valence-corrected chi connectivity index (χ1v) is 5.36. The van der Waals surface area contributed by atoms with Gasteiger partial charge in [0.15, 0.2) is 0 Å². The second-order valence-corrected chi connectivity index (χ2v) is 3.39. The van der Waals surface area contributed by atoms with Crippen molar-refractivity contribution in [2.24, 2.45) is 5.73 Å². The molecule has 0 aliphatic carbocycles. The van der Waals surface area contributed by atoms with Crippen LogP contribution in [0.1, 0.15) is 11.7 Å². The fourth-order valence-corrected chi connectivity index (χ4v) is 0.954. The number of carbonyl (C=O) groups is 1. The third-order valence-electron chi connectivity index (χ3n) is 1.83. The molecule has 1 aromatic rings. The number of halogens is 1. The van der Waals surface area contributed by atoms with Crippen molar-refractivity contribution < 1.29 is 19.9 Å². The molecule has 0 aliphatic rings. The summed E-state index contributed by atoms with van der Waals surface area (Å²) in [4.78, 5) is 19.0. The van der Waals surface area contributed by atoms with Crippen molar-refractivity contribution in [3.05, 3.63) is 39.9 Å². The molecule has 0 heterocycles. The Hall–Kier alpha value is -1.70. The average molecular weight is 277 g/mol. The van der Waals surface area contributed by atoms with Gasteiger partial charge in [-0.05, 0) is 17.7 Å². The highest BCUT2D eigenvalue weighted by molar-refractivity contribution is 6.26. The Labute approximate surface area is 108 Å². The Kier molecular flexibility index (Phi) is 7.61. The lowest BCUT2D eigenvalue weighted by Crippen LogP contribution is -2.11. The maximum atomic E-state index is 10.3. The van der Waals surface area contributed by atoms with Gasteiger partial charge in [-0.2, -0.15) is 0 Å². The zero-order valence-electron chi connectivity index (χ0n) is 9.32. The van der Waals surface area contributed by atoms with Crippen molar-refractivity contribution >= 4 is 23.3 Å². The van der Waals surface area contributed by atoms with Crippen molar-refractivity contribution in [3.8, 4) is 0 Å². The molecule has 100 valence electrons. The SMILES string of the molecule is NCC(O)c1ccc([N+](=O)[O-])cc1.O=C(O)CCl. The largest absolute Gasteiger partial charge is 0.480 e. The number of nitro benzene ring substituents is 1. The molecule has 1 atom stereocenters. The minimum atomic E-state index is -0.980. The van der Waals surface area contributed by atoms with Crippen molar-refractivity contribution in [2.45, 2.75) is 6.10 Å². The summed E-state index contributed by atoms with van der Waals surface area (Å²) in [5.74, 6) is -1.29. The number of rotatable bonds is 4. The monoisotopic (exact) mass is 276 g/mol. The average Bonchev–Trinajstić information content (AvgIpc) is 2.38. The molecule has 0 bridgehead atoms. The van der Waals surface area contributed by atoms with E-state index in [1.807, 2.05) is 0 Å². The number of aliphatic carboxylic acids is 1. The highest BCUT2D eigenvalue weighted by atomic mass is 35.5. The summed E-state index contributed by atoms with van der Waals surface area (Å²) in [6.07, 6.45) is -0.749. The number of alkyl halides is 1. The second-order valence-electron chi connectivity index (χ2n) is 3.13. The van der Waals surface area contributed by atoms with Gasteiger partial charge >= 0.3 is 5.97 Å². The maximum Gasteiger partial charge on any atom is 0.318 e. The lowest BCUT2D eigenvalue weighted by Gasteiger charge is -2.06. The Balaban J connectivity index is 0.000000494. The number of hydrogen-bond donors (Lipinski definition) is 3. The lowest BCUT2D eigenvalue weighted by atomic mass is 10.1. The van der Waals surface area contributed by atoms with E-state index in [2.05, 4.69) is 0 Å². The van der Waals surface area contributed by atoms with Gasteiger partial charge in [0.2, 0.25) is 0 Å². The van der Waals surface area contributed by atoms with Crippen LogP contribution in [0.2, 0.25) is 0 Å². The third-order valence-corrected chi connectivity index (χ3v) is 2.05. The van der Waals surface area contributed by atoms with Crippen LogP contribution in [0.15, 0.2) is 24.3 Å². The highest BCUT2D eigenvalue weighted by Gasteiger charge is 2.08. The van der Waals surface area contributed by atoms with Crippen LogP contribution in [-0.4, -0.2) is 33.5 Å². The van der Waals surface area contributed by atoms with E-state index in [0.29, 0.717) is 5.56 Å². The molecule has 1 rings (SSSR count).